The van der Waals surface area contributed by atoms with Gasteiger partial charge in [-0.1, -0.05) is 81.1 Å². The van der Waals surface area contributed by atoms with E-state index in [0.717, 1.165) is 84.9 Å². The predicted molar refractivity (Wildman–Crippen MR) is 225 cm³/mol. The highest BCUT2D eigenvalue weighted by Gasteiger charge is 2.61. The molecule has 312 valence electrons. The van der Waals surface area contributed by atoms with Crippen LogP contribution in [0.4, 0.5) is 0 Å². The lowest BCUT2D eigenvalue weighted by molar-refractivity contribution is -0.138. The van der Waals surface area contributed by atoms with E-state index in [-0.39, 0.29) is 0 Å². The molecule has 0 aromatic heterocycles. The molecule has 4 nitrogen and oxygen atoms in total. The lowest BCUT2D eigenvalue weighted by Crippen LogP contribution is -2.52. The Hall–Kier alpha value is -1.06. The summed E-state index contributed by atoms with van der Waals surface area (Å²) in [6.45, 7) is 18.5. The lowest BCUT2D eigenvalue weighted by atomic mass is 9.45. The van der Waals surface area contributed by atoms with E-state index in [0.29, 0.717) is 34.5 Å². The Bertz CT molecular complexity index is 1120. The van der Waals surface area contributed by atoms with Crippen LogP contribution in [0.2, 0.25) is 0 Å². The fraction of sp³-hybridized carbons (Fsp3) is 0.960. The average Bonchev–Trinajstić information content (AvgIpc) is 3.68. The summed E-state index contributed by atoms with van der Waals surface area (Å²) in [6.07, 6.45) is 34.0. The van der Waals surface area contributed by atoms with Crippen molar-refractivity contribution in [2.24, 2.45) is 80.8 Å². The van der Waals surface area contributed by atoms with E-state index >= 15 is 0 Å². The predicted octanol–water partition coefficient (Wildman–Crippen LogP) is 14.6. The molecule has 8 saturated carbocycles. The quantitative estimate of drug-likeness (QED) is 0.259. The number of carboxylic acid groups (broad SMARTS) is 2. The zero-order valence-electron chi connectivity index (χ0n) is 36.9. The molecule has 0 aromatic rings. The molecule has 8 aliphatic carbocycles. The zero-order valence-corrected chi connectivity index (χ0v) is 36.9. The summed E-state index contributed by atoms with van der Waals surface area (Å²) in [5.74, 6) is 8.15. The molecule has 8 aliphatic rings. The van der Waals surface area contributed by atoms with Crippen molar-refractivity contribution in [3.05, 3.63) is 0 Å². The lowest BCUT2D eigenvalue weighted by Gasteiger charge is -2.60. The van der Waals surface area contributed by atoms with Crippen LogP contribution in [0.25, 0.3) is 0 Å². The molecule has 4 heteroatoms. The summed E-state index contributed by atoms with van der Waals surface area (Å²) in [5.41, 5.74) is 2.31. The van der Waals surface area contributed by atoms with E-state index < -0.39 is 11.9 Å². The normalized spacial score (nSPS) is 45.7. The highest BCUT2D eigenvalue weighted by molar-refractivity contribution is 5.66. The molecule has 0 amide bonds. The molecule has 8 rings (SSSR count). The van der Waals surface area contributed by atoms with E-state index in [4.69, 9.17) is 10.2 Å². The second kappa shape index (κ2) is 18.7. The first-order valence-electron chi connectivity index (χ1n) is 24.3. The summed E-state index contributed by atoms with van der Waals surface area (Å²) in [4.78, 5) is 21.8. The number of hydrogen-bond acceptors (Lipinski definition) is 2. The summed E-state index contributed by atoms with van der Waals surface area (Å²) < 4.78 is 0. The van der Waals surface area contributed by atoms with Crippen molar-refractivity contribution in [3.8, 4) is 0 Å². The van der Waals surface area contributed by atoms with Crippen LogP contribution in [0.3, 0.4) is 0 Å². The van der Waals surface area contributed by atoms with Crippen LogP contribution in [-0.2, 0) is 9.59 Å². The number of rotatable bonds is 8. The molecule has 14 unspecified atom stereocenters. The van der Waals surface area contributed by atoms with Gasteiger partial charge >= 0.3 is 11.9 Å². The molecule has 0 aromatic carbocycles. The monoisotopic (exact) mass is 753 g/mol. The largest absolute Gasteiger partial charge is 0.481 e. The van der Waals surface area contributed by atoms with Gasteiger partial charge in [-0.05, 0) is 209 Å². The van der Waals surface area contributed by atoms with Crippen molar-refractivity contribution in [2.45, 2.75) is 222 Å². The maximum absolute atomic E-state index is 10.9. The van der Waals surface area contributed by atoms with Crippen LogP contribution in [0.1, 0.15) is 222 Å². The second-order valence-corrected chi connectivity index (χ2v) is 21.0. The van der Waals surface area contributed by atoms with Crippen molar-refractivity contribution < 1.29 is 19.8 Å². The molecule has 0 aliphatic heterocycles. The molecule has 0 radical (unpaired) electrons. The Kier molecular flexibility index (Phi) is 15.2. The van der Waals surface area contributed by atoms with Crippen molar-refractivity contribution in [3.63, 3.8) is 0 Å². The van der Waals surface area contributed by atoms with E-state index in [1.165, 1.54) is 128 Å². The van der Waals surface area contributed by atoms with Gasteiger partial charge in [-0.3, -0.25) is 9.59 Å². The average molecular weight is 753 g/mol. The van der Waals surface area contributed by atoms with Crippen molar-refractivity contribution in [1.29, 1.82) is 0 Å². The second-order valence-electron chi connectivity index (χ2n) is 21.0. The molecule has 8 fully saturated rings. The Balaban J connectivity index is 0.000000190. The van der Waals surface area contributed by atoms with E-state index in [9.17, 15) is 9.59 Å². The Labute approximate surface area is 334 Å². The number of fused-ring (bicyclic) bond motifs is 10. The summed E-state index contributed by atoms with van der Waals surface area (Å²) in [6, 6.07) is 0. The Morgan fingerprint density at radius 2 is 0.815 bits per heavy atom. The van der Waals surface area contributed by atoms with Crippen molar-refractivity contribution in [2.75, 3.05) is 0 Å². The van der Waals surface area contributed by atoms with E-state index in [1.807, 2.05) is 27.7 Å². The van der Waals surface area contributed by atoms with Crippen LogP contribution >= 0.6 is 0 Å². The number of hydrogen-bond donors (Lipinski definition) is 2. The third-order valence-electron chi connectivity index (χ3n) is 19.4. The van der Waals surface area contributed by atoms with Crippen LogP contribution < -0.4 is 0 Å². The van der Waals surface area contributed by atoms with Gasteiger partial charge in [0.1, 0.15) is 0 Å². The third kappa shape index (κ3) is 8.41. The fourth-order valence-corrected chi connectivity index (χ4v) is 16.8. The summed E-state index contributed by atoms with van der Waals surface area (Å²) in [7, 11) is 0. The number of carboxylic acids is 2. The van der Waals surface area contributed by atoms with Gasteiger partial charge < -0.3 is 10.2 Å². The molecular weight excluding hydrogens is 665 g/mol. The summed E-state index contributed by atoms with van der Waals surface area (Å²) in [5, 5.41) is 18.0. The molecule has 54 heavy (non-hydrogen) atoms. The van der Waals surface area contributed by atoms with Crippen LogP contribution in [0.5, 0.6) is 0 Å². The molecular formula is C50H88O4. The molecule has 0 heterocycles. The van der Waals surface area contributed by atoms with Gasteiger partial charge in [0.15, 0.2) is 0 Å². The van der Waals surface area contributed by atoms with Crippen molar-refractivity contribution in [1.82, 2.24) is 0 Å². The highest BCUT2D eigenvalue weighted by atomic mass is 16.4. The maximum atomic E-state index is 10.9. The van der Waals surface area contributed by atoms with Gasteiger partial charge in [0.25, 0.3) is 0 Å². The standard InChI is InChI=1S/2C23H38O2.2C2H6/c2*1-22-14-4-3-6-16(22)9-11-18-19-12-10-17(7-5-8-21(24)25)23(19,2)15-13-20(18)22;2*1-2/h2*16-20H,3-15H2,1-2H3,(H,24,25);2*1-2H3. The van der Waals surface area contributed by atoms with Gasteiger partial charge in [0, 0.05) is 12.8 Å². The van der Waals surface area contributed by atoms with E-state index in [1.54, 1.807) is 0 Å². The third-order valence-corrected chi connectivity index (χ3v) is 19.4. The fourth-order valence-electron chi connectivity index (χ4n) is 16.8. The Morgan fingerprint density at radius 1 is 0.444 bits per heavy atom. The topological polar surface area (TPSA) is 74.6 Å². The van der Waals surface area contributed by atoms with Gasteiger partial charge in [-0.15, -0.1) is 0 Å². The summed E-state index contributed by atoms with van der Waals surface area (Å²) >= 11 is 0. The first-order chi connectivity index (χ1) is 25.9. The van der Waals surface area contributed by atoms with Gasteiger partial charge in [0.05, 0.1) is 0 Å². The molecule has 14 atom stereocenters. The van der Waals surface area contributed by atoms with Crippen LogP contribution in [-0.4, -0.2) is 22.2 Å². The maximum Gasteiger partial charge on any atom is 0.303 e. The van der Waals surface area contributed by atoms with Gasteiger partial charge in [0.2, 0.25) is 0 Å². The van der Waals surface area contributed by atoms with Crippen LogP contribution in [0, 0.1) is 80.8 Å². The minimum Gasteiger partial charge on any atom is -0.481 e. The van der Waals surface area contributed by atoms with Crippen LogP contribution in [0.15, 0.2) is 0 Å². The minimum absolute atomic E-state index is 0.364. The minimum atomic E-state index is -0.619. The van der Waals surface area contributed by atoms with Gasteiger partial charge in [-0.2, -0.15) is 0 Å². The van der Waals surface area contributed by atoms with E-state index in [2.05, 4.69) is 27.7 Å². The van der Waals surface area contributed by atoms with Gasteiger partial charge in [-0.25, -0.2) is 0 Å². The smallest absolute Gasteiger partial charge is 0.303 e. The molecule has 2 N–H and O–H groups in total. The zero-order chi connectivity index (χ0) is 39.3. The molecule has 0 bridgehead atoms. The first-order valence-corrected chi connectivity index (χ1v) is 24.3. The first kappa shape index (κ1) is 44.1. The SMILES string of the molecule is CC.CC.CC12CCCCC1CCC1C2CCC2(C)C(CCCC(=O)O)CCC12.CC12CCCCC1CCC1C2CCC2(C)C(CCCC(=O)O)CCC12. The molecule has 0 saturated heterocycles. The highest BCUT2D eigenvalue weighted by Crippen LogP contribution is 2.69. The number of aliphatic carboxylic acids is 2. The van der Waals surface area contributed by atoms with Crippen molar-refractivity contribution >= 4 is 11.9 Å². The molecule has 0 spiro atoms. The Morgan fingerprint density at radius 3 is 1.19 bits per heavy atom. The number of carbonyl (C=O) groups is 2.